The van der Waals surface area contributed by atoms with E-state index in [0.717, 1.165) is 38.9 Å². The molecule has 1 atom stereocenters. The summed E-state index contributed by atoms with van der Waals surface area (Å²) in [6.07, 6.45) is 5.12. The lowest BCUT2D eigenvalue weighted by Crippen LogP contribution is -2.72. The molecule has 2 aliphatic rings. The Kier molecular flexibility index (Phi) is 10.2. The van der Waals surface area contributed by atoms with Crippen molar-refractivity contribution >= 4 is 35.1 Å². The van der Waals surface area contributed by atoms with E-state index in [1.165, 1.54) is 5.56 Å². The van der Waals surface area contributed by atoms with E-state index in [0.29, 0.717) is 49.5 Å². The van der Waals surface area contributed by atoms with Crippen molar-refractivity contribution in [2.75, 3.05) is 38.0 Å². The van der Waals surface area contributed by atoms with Crippen LogP contribution in [0.5, 0.6) is 0 Å². The molecule has 0 unspecified atom stereocenters. The van der Waals surface area contributed by atoms with Gasteiger partial charge in [0.25, 0.3) is 0 Å². The molecule has 2 fully saturated rings. The third-order valence-electron chi connectivity index (χ3n) is 7.81. The summed E-state index contributed by atoms with van der Waals surface area (Å²) in [4.78, 5) is 43.4. The van der Waals surface area contributed by atoms with E-state index < -0.39 is 11.6 Å². The third kappa shape index (κ3) is 7.51. The fourth-order valence-electron chi connectivity index (χ4n) is 5.58. The summed E-state index contributed by atoms with van der Waals surface area (Å²) in [7, 11) is 0. The zero-order valence-electron chi connectivity index (χ0n) is 22.8. The Morgan fingerprint density at radius 1 is 1.03 bits per heavy atom. The number of likely N-dealkylation sites (tertiary alicyclic amines) is 1. The number of piperidine rings is 1. The van der Waals surface area contributed by atoms with Crippen LogP contribution in [0.3, 0.4) is 0 Å². The number of carbonyl (C=O) groups is 3. The molecule has 0 saturated carbocycles. The van der Waals surface area contributed by atoms with Crippen LogP contribution in [0.1, 0.15) is 51.0 Å². The van der Waals surface area contributed by atoms with Gasteiger partial charge in [-0.3, -0.25) is 9.59 Å². The number of unbranched alkanes of at least 4 members (excludes halogenated alkanes) is 1. The van der Waals surface area contributed by atoms with Gasteiger partial charge in [-0.1, -0.05) is 48.9 Å². The molecule has 4 rings (SSSR count). The fraction of sp³-hybridized carbons (Fsp3) is 0.500. The SMILES string of the molecule is CCCN1C(=O)[C@H](CCCCNC(=O)Nc2ccc(Cl)cc2)NC(=O)C12CCN(CCc1ccccc1)CC2. The Bertz CT molecular complexity index is 1100. The van der Waals surface area contributed by atoms with Crippen LogP contribution in [0.2, 0.25) is 5.02 Å². The number of nitrogens with one attached hydrogen (secondary N) is 3. The van der Waals surface area contributed by atoms with Gasteiger partial charge in [0.15, 0.2) is 0 Å². The number of carbonyl (C=O) groups excluding carboxylic acids is 3. The molecule has 0 aromatic heterocycles. The van der Waals surface area contributed by atoms with Gasteiger partial charge in [0, 0.05) is 43.4 Å². The second kappa shape index (κ2) is 13.8. The first-order chi connectivity index (χ1) is 18.9. The summed E-state index contributed by atoms with van der Waals surface area (Å²) in [5, 5.41) is 9.27. The first-order valence-electron chi connectivity index (χ1n) is 14.1. The Hall–Kier alpha value is -3.10. The van der Waals surface area contributed by atoms with E-state index in [1.54, 1.807) is 24.3 Å². The molecule has 0 aliphatic carbocycles. The van der Waals surface area contributed by atoms with E-state index in [4.69, 9.17) is 11.6 Å². The Labute approximate surface area is 236 Å². The first-order valence-corrected chi connectivity index (χ1v) is 14.5. The van der Waals surface area contributed by atoms with Gasteiger partial charge >= 0.3 is 6.03 Å². The maximum Gasteiger partial charge on any atom is 0.319 e. The van der Waals surface area contributed by atoms with Crippen molar-refractivity contribution in [3.05, 3.63) is 65.2 Å². The summed E-state index contributed by atoms with van der Waals surface area (Å²) in [6, 6.07) is 16.6. The van der Waals surface area contributed by atoms with E-state index in [1.807, 2.05) is 11.0 Å². The Morgan fingerprint density at radius 2 is 1.74 bits per heavy atom. The molecule has 2 aliphatic heterocycles. The van der Waals surface area contributed by atoms with E-state index >= 15 is 0 Å². The number of nitrogens with zero attached hydrogens (tertiary/aromatic N) is 2. The van der Waals surface area contributed by atoms with Crippen LogP contribution >= 0.6 is 11.6 Å². The van der Waals surface area contributed by atoms with Gasteiger partial charge in [-0.05, 0) is 74.8 Å². The van der Waals surface area contributed by atoms with Crippen LogP contribution in [0.25, 0.3) is 0 Å². The minimum Gasteiger partial charge on any atom is -0.342 e. The van der Waals surface area contributed by atoms with Gasteiger partial charge in [-0.15, -0.1) is 0 Å². The largest absolute Gasteiger partial charge is 0.342 e. The Morgan fingerprint density at radius 3 is 2.44 bits per heavy atom. The zero-order chi connectivity index (χ0) is 27.7. The van der Waals surface area contributed by atoms with E-state index in [-0.39, 0.29) is 17.8 Å². The fourth-order valence-corrected chi connectivity index (χ4v) is 5.70. The third-order valence-corrected chi connectivity index (χ3v) is 8.06. The van der Waals surface area contributed by atoms with Crippen molar-refractivity contribution in [3.63, 3.8) is 0 Å². The van der Waals surface area contributed by atoms with Crippen LogP contribution in [-0.4, -0.2) is 71.9 Å². The summed E-state index contributed by atoms with van der Waals surface area (Å²) < 4.78 is 0. The van der Waals surface area contributed by atoms with Crippen LogP contribution in [-0.2, 0) is 16.0 Å². The first kappa shape index (κ1) is 28.9. The van der Waals surface area contributed by atoms with Gasteiger partial charge in [0.05, 0.1) is 0 Å². The van der Waals surface area contributed by atoms with Crippen molar-refractivity contribution in [1.82, 2.24) is 20.4 Å². The Balaban J connectivity index is 1.23. The molecule has 2 saturated heterocycles. The molecule has 8 nitrogen and oxygen atoms in total. The number of amides is 4. The second-order valence-electron chi connectivity index (χ2n) is 10.5. The maximum atomic E-state index is 13.5. The number of urea groups is 1. The lowest BCUT2D eigenvalue weighted by Gasteiger charge is -2.51. The van der Waals surface area contributed by atoms with Crippen LogP contribution in [0.15, 0.2) is 54.6 Å². The molecule has 4 amide bonds. The number of piperazine rings is 1. The highest BCUT2D eigenvalue weighted by molar-refractivity contribution is 6.30. The molecule has 2 aromatic rings. The number of anilines is 1. The lowest BCUT2D eigenvalue weighted by molar-refractivity contribution is -0.161. The summed E-state index contributed by atoms with van der Waals surface area (Å²) in [5.41, 5.74) is 1.24. The number of hydrogen-bond acceptors (Lipinski definition) is 4. The van der Waals surface area contributed by atoms with Crippen molar-refractivity contribution in [2.45, 2.75) is 63.5 Å². The molecule has 1 spiro atoms. The molecule has 9 heteroatoms. The molecular formula is C30H40ClN5O3. The average Bonchev–Trinajstić information content (AvgIpc) is 2.95. The van der Waals surface area contributed by atoms with Gasteiger partial charge in [-0.25, -0.2) is 4.79 Å². The predicted molar refractivity (Wildman–Crippen MR) is 155 cm³/mol. The topological polar surface area (TPSA) is 93.8 Å². The molecule has 39 heavy (non-hydrogen) atoms. The van der Waals surface area contributed by atoms with E-state index in [2.05, 4.69) is 52.0 Å². The smallest absolute Gasteiger partial charge is 0.319 e. The molecule has 0 radical (unpaired) electrons. The molecule has 3 N–H and O–H groups in total. The molecule has 0 bridgehead atoms. The molecular weight excluding hydrogens is 514 g/mol. The van der Waals surface area contributed by atoms with Gasteiger partial charge in [-0.2, -0.15) is 0 Å². The summed E-state index contributed by atoms with van der Waals surface area (Å²) >= 11 is 5.87. The molecule has 210 valence electrons. The van der Waals surface area contributed by atoms with Crippen LogP contribution < -0.4 is 16.0 Å². The lowest BCUT2D eigenvalue weighted by atomic mass is 9.81. The standard InChI is InChI=1S/C30H40ClN5O3/c1-2-19-36-27(37)26(10-6-7-18-32-29(39)33-25-13-11-24(31)12-14-25)34-28(38)30(36)16-21-35(22-17-30)20-15-23-8-4-3-5-9-23/h3-5,8-9,11-14,26H,2,6-7,10,15-22H2,1H3,(H,34,38)(H2,32,33,39)/t26-/m0/s1. The van der Waals surface area contributed by atoms with Crippen LogP contribution in [0, 0.1) is 0 Å². The number of benzene rings is 2. The number of hydrogen-bond donors (Lipinski definition) is 3. The number of rotatable bonds is 11. The molecule has 2 aromatic carbocycles. The van der Waals surface area contributed by atoms with Gasteiger partial charge < -0.3 is 25.8 Å². The van der Waals surface area contributed by atoms with Gasteiger partial charge in [0.1, 0.15) is 11.6 Å². The van der Waals surface area contributed by atoms with Crippen molar-refractivity contribution in [2.24, 2.45) is 0 Å². The zero-order valence-corrected chi connectivity index (χ0v) is 23.5. The quantitative estimate of drug-likeness (QED) is 0.358. The highest BCUT2D eigenvalue weighted by atomic mass is 35.5. The summed E-state index contributed by atoms with van der Waals surface area (Å²) in [6.45, 7) is 5.70. The minimum absolute atomic E-state index is 0.0104. The maximum absolute atomic E-state index is 13.5. The van der Waals surface area contributed by atoms with Gasteiger partial charge in [0.2, 0.25) is 11.8 Å². The number of halogens is 1. The summed E-state index contributed by atoms with van der Waals surface area (Å²) in [5.74, 6) is 0.0198. The highest BCUT2D eigenvalue weighted by Gasteiger charge is 2.52. The monoisotopic (exact) mass is 553 g/mol. The second-order valence-corrected chi connectivity index (χ2v) is 10.9. The minimum atomic E-state index is -0.742. The van der Waals surface area contributed by atoms with Crippen LogP contribution in [0.4, 0.5) is 10.5 Å². The normalized spacial score (nSPS) is 19.1. The molecule has 2 heterocycles. The average molecular weight is 554 g/mol. The highest BCUT2D eigenvalue weighted by Crippen LogP contribution is 2.34. The predicted octanol–water partition coefficient (Wildman–Crippen LogP) is 4.45. The van der Waals surface area contributed by atoms with E-state index in [9.17, 15) is 14.4 Å². The van der Waals surface area contributed by atoms with Crippen molar-refractivity contribution in [1.29, 1.82) is 0 Å². The van der Waals surface area contributed by atoms with Crippen molar-refractivity contribution in [3.8, 4) is 0 Å². The van der Waals surface area contributed by atoms with Crippen molar-refractivity contribution < 1.29 is 14.4 Å².